The normalized spacial score (nSPS) is 10.3. The van der Waals surface area contributed by atoms with Gasteiger partial charge in [0.05, 0.1) is 5.56 Å². The average molecular weight is 423 g/mol. The van der Waals surface area contributed by atoms with E-state index in [2.05, 4.69) is 0 Å². The van der Waals surface area contributed by atoms with Crippen molar-refractivity contribution in [3.05, 3.63) is 107 Å². The summed E-state index contributed by atoms with van der Waals surface area (Å²) in [5.41, 5.74) is 2.33. The van der Waals surface area contributed by atoms with E-state index >= 15 is 0 Å². The third-order valence-corrected chi connectivity index (χ3v) is 4.38. The number of aliphatic carboxylic acids is 1. The molecule has 0 aliphatic rings. The van der Waals surface area contributed by atoms with E-state index in [1.54, 1.807) is 6.08 Å². The molecule has 0 fully saturated rings. The minimum absolute atomic E-state index is 0.0675. The Morgan fingerprint density at radius 1 is 0.900 bits per heavy atom. The number of aromatic hydroxyl groups is 1. The molecule has 5 heteroatoms. The molecule has 3 rings (SSSR count). The number of halogens is 1. The maximum absolute atomic E-state index is 11.9. The van der Waals surface area contributed by atoms with E-state index in [0.29, 0.717) is 5.02 Å². The zero-order chi connectivity index (χ0) is 21.8. The fourth-order valence-electron chi connectivity index (χ4n) is 2.62. The predicted molar refractivity (Wildman–Crippen MR) is 120 cm³/mol. The lowest BCUT2D eigenvalue weighted by molar-refractivity contribution is -0.137. The van der Waals surface area contributed by atoms with Gasteiger partial charge in [0.1, 0.15) is 5.75 Å². The number of benzene rings is 3. The Bertz CT molecular complexity index is 983. The smallest absolute Gasteiger partial charge is 0.303 e. The number of carbonyl (C=O) groups excluding carboxylic acids is 1. The second-order valence-corrected chi connectivity index (χ2v) is 6.94. The van der Waals surface area contributed by atoms with Gasteiger partial charge in [0.25, 0.3) is 0 Å². The van der Waals surface area contributed by atoms with Gasteiger partial charge in [0.15, 0.2) is 5.78 Å². The number of hydrogen-bond acceptors (Lipinski definition) is 3. The molecule has 0 aliphatic heterocycles. The monoisotopic (exact) mass is 422 g/mol. The molecule has 0 saturated carbocycles. The summed E-state index contributed by atoms with van der Waals surface area (Å²) in [7, 11) is 0. The zero-order valence-corrected chi connectivity index (χ0v) is 17.1. The van der Waals surface area contributed by atoms with E-state index in [9.17, 15) is 14.7 Å². The SMILES string of the molecule is O=C(/C=C/c1ccccc1)c1cc(Cl)ccc1O.O=C(O)CCCc1ccccc1. The molecule has 0 atom stereocenters. The number of hydrogen-bond donors (Lipinski definition) is 2. The number of rotatable bonds is 7. The van der Waals surface area contributed by atoms with Gasteiger partial charge in [-0.15, -0.1) is 0 Å². The van der Waals surface area contributed by atoms with Crippen molar-refractivity contribution in [2.45, 2.75) is 19.3 Å². The lowest BCUT2D eigenvalue weighted by Gasteiger charge is -2.00. The van der Waals surface area contributed by atoms with Crippen LogP contribution in [0.1, 0.15) is 34.3 Å². The van der Waals surface area contributed by atoms with Crippen LogP contribution in [0.25, 0.3) is 6.08 Å². The maximum Gasteiger partial charge on any atom is 0.303 e. The molecular weight excluding hydrogens is 400 g/mol. The Hall–Kier alpha value is -3.37. The van der Waals surface area contributed by atoms with Crippen LogP contribution in [0, 0.1) is 0 Å². The summed E-state index contributed by atoms with van der Waals surface area (Å²) in [6.07, 6.45) is 4.95. The van der Waals surface area contributed by atoms with Crippen molar-refractivity contribution >= 4 is 29.4 Å². The number of phenolic OH excluding ortho intramolecular Hbond substituents is 1. The minimum Gasteiger partial charge on any atom is -0.507 e. The number of carbonyl (C=O) groups is 2. The lowest BCUT2D eigenvalue weighted by atomic mass is 10.1. The average Bonchev–Trinajstić information content (AvgIpc) is 2.75. The number of carboxylic acid groups (broad SMARTS) is 1. The molecule has 154 valence electrons. The topological polar surface area (TPSA) is 74.6 Å². The minimum atomic E-state index is -0.717. The van der Waals surface area contributed by atoms with Crippen LogP contribution in [-0.4, -0.2) is 22.0 Å². The molecule has 0 saturated heterocycles. The van der Waals surface area contributed by atoms with Crippen LogP contribution in [0.4, 0.5) is 0 Å². The van der Waals surface area contributed by atoms with Crippen molar-refractivity contribution in [2.75, 3.05) is 0 Å². The zero-order valence-electron chi connectivity index (χ0n) is 16.4. The highest BCUT2D eigenvalue weighted by Gasteiger charge is 2.08. The third-order valence-electron chi connectivity index (χ3n) is 4.15. The van der Waals surface area contributed by atoms with Gasteiger partial charge in [-0.05, 0) is 48.2 Å². The molecule has 0 unspecified atom stereocenters. The molecule has 0 amide bonds. The summed E-state index contributed by atoms with van der Waals surface area (Å²) in [5, 5.41) is 18.4. The van der Waals surface area contributed by atoms with Gasteiger partial charge in [0.2, 0.25) is 0 Å². The molecule has 0 aliphatic carbocycles. The summed E-state index contributed by atoms with van der Waals surface area (Å²) in [4.78, 5) is 22.1. The Kier molecular flexibility index (Phi) is 9.35. The molecule has 3 aromatic carbocycles. The Labute approximate surface area is 181 Å². The first-order valence-corrected chi connectivity index (χ1v) is 9.85. The quantitative estimate of drug-likeness (QED) is 0.359. The van der Waals surface area contributed by atoms with Crippen LogP contribution in [0.3, 0.4) is 0 Å². The summed E-state index contributed by atoms with van der Waals surface area (Å²) in [6.45, 7) is 0. The largest absolute Gasteiger partial charge is 0.507 e. The van der Waals surface area contributed by atoms with Gasteiger partial charge in [-0.2, -0.15) is 0 Å². The van der Waals surface area contributed by atoms with Crippen LogP contribution in [0.5, 0.6) is 5.75 Å². The maximum atomic E-state index is 11.9. The number of carboxylic acids is 1. The number of phenols is 1. The number of ketones is 1. The Balaban J connectivity index is 0.000000232. The lowest BCUT2D eigenvalue weighted by Crippen LogP contribution is -1.95. The first kappa shape index (κ1) is 22.9. The first-order chi connectivity index (χ1) is 14.5. The van der Waals surface area contributed by atoms with Gasteiger partial charge in [0, 0.05) is 11.4 Å². The van der Waals surface area contributed by atoms with Gasteiger partial charge in [-0.3, -0.25) is 9.59 Å². The van der Waals surface area contributed by atoms with E-state index < -0.39 is 5.97 Å². The molecule has 2 N–H and O–H groups in total. The fourth-order valence-corrected chi connectivity index (χ4v) is 2.79. The summed E-state index contributed by atoms with van der Waals surface area (Å²) < 4.78 is 0. The number of allylic oxidation sites excluding steroid dienone is 1. The standard InChI is InChI=1S/C15H11ClO2.C10H12O2/c16-12-7-9-15(18)13(10-12)14(17)8-6-11-4-2-1-3-5-11;11-10(12)8-4-7-9-5-2-1-3-6-9/h1-10,18H;1-3,5-6H,4,7-8H2,(H,11,12)/b8-6+;. The second-order valence-electron chi connectivity index (χ2n) is 6.50. The van der Waals surface area contributed by atoms with Gasteiger partial charge in [-0.1, -0.05) is 78.3 Å². The molecule has 0 heterocycles. The van der Waals surface area contributed by atoms with Crippen molar-refractivity contribution in [1.29, 1.82) is 0 Å². The third kappa shape index (κ3) is 8.33. The van der Waals surface area contributed by atoms with Crippen LogP contribution in [0.15, 0.2) is 84.9 Å². The van der Waals surface area contributed by atoms with E-state index in [1.165, 1.54) is 29.8 Å². The highest BCUT2D eigenvalue weighted by atomic mass is 35.5. The Morgan fingerprint density at radius 2 is 1.53 bits per heavy atom. The molecule has 0 aromatic heterocycles. The fraction of sp³-hybridized carbons (Fsp3) is 0.120. The summed E-state index contributed by atoms with van der Waals surface area (Å²) in [6, 6.07) is 23.8. The summed E-state index contributed by atoms with van der Waals surface area (Å²) >= 11 is 5.79. The van der Waals surface area contributed by atoms with Crippen molar-refractivity contribution in [2.24, 2.45) is 0 Å². The number of aryl methyl sites for hydroxylation is 1. The van der Waals surface area contributed by atoms with E-state index in [0.717, 1.165) is 18.4 Å². The van der Waals surface area contributed by atoms with Gasteiger partial charge in [-0.25, -0.2) is 0 Å². The van der Waals surface area contributed by atoms with Crippen molar-refractivity contribution < 1.29 is 19.8 Å². The Morgan fingerprint density at radius 3 is 2.17 bits per heavy atom. The van der Waals surface area contributed by atoms with Crippen LogP contribution < -0.4 is 0 Å². The van der Waals surface area contributed by atoms with Crippen molar-refractivity contribution in [3.8, 4) is 5.75 Å². The van der Waals surface area contributed by atoms with Crippen molar-refractivity contribution in [3.63, 3.8) is 0 Å². The first-order valence-electron chi connectivity index (χ1n) is 9.47. The van der Waals surface area contributed by atoms with E-state index in [-0.39, 0.29) is 23.5 Å². The molecule has 4 nitrogen and oxygen atoms in total. The molecule has 0 bridgehead atoms. The molecule has 0 radical (unpaired) electrons. The molecule has 30 heavy (non-hydrogen) atoms. The highest BCUT2D eigenvalue weighted by Crippen LogP contribution is 2.22. The highest BCUT2D eigenvalue weighted by molar-refractivity contribution is 6.31. The van der Waals surface area contributed by atoms with Crippen LogP contribution in [-0.2, 0) is 11.2 Å². The summed E-state index contributed by atoms with van der Waals surface area (Å²) in [5.74, 6) is -1.06. The van der Waals surface area contributed by atoms with Crippen LogP contribution >= 0.6 is 11.6 Å². The molecular formula is C25H23ClO4. The van der Waals surface area contributed by atoms with E-state index in [4.69, 9.17) is 16.7 Å². The molecule has 0 spiro atoms. The van der Waals surface area contributed by atoms with E-state index in [1.807, 2.05) is 60.7 Å². The predicted octanol–water partition coefficient (Wildman–Crippen LogP) is 6.04. The van der Waals surface area contributed by atoms with Crippen LogP contribution in [0.2, 0.25) is 5.02 Å². The van der Waals surface area contributed by atoms with Gasteiger partial charge >= 0.3 is 5.97 Å². The molecule has 3 aromatic rings. The van der Waals surface area contributed by atoms with Gasteiger partial charge < -0.3 is 10.2 Å². The van der Waals surface area contributed by atoms with Crippen molar-refractivity contribution in [1.82, 2.24) is 0 Å². The second kappa shape index (κ2) is 12.2.